The van der Waals surface area contributed by atoms with E-state index in [1.165, 1.54) is 40.8 Å². The van der Waals surface area contributed by atoms with Crippen molar-refractivity contribution in [2.24, 2.45) is 17.6 Å². The third kappa shape index (κ3) is 29.4. The summed E-state index contributed by atoms with van der Waals surface area (Å²) in [7, 11) is 0. The van der Waals surface area contributed by atoms with E-state index < -0.39 is 11.9 Å². The lowest BCUT2D eigenvalue weighted by Crippen LogP contribution is -2.05. The number of aromatic hydroxyl groups is 4. The van der Waals surface area contributed by atoms with E-state index in [9.17, 15) is 18.7 Å². The van der Waals surface area contributed by atoms with Crippen LogP contribution in [0.25, 0.3) is 11.0 Å². The summed E-state index contributed by atoms with van der Waals surface area (Å²) < 4.78 is 25.1. The minimum absolute atomic E-state index is 0.00583. The summed E-state index contributed by atoms with van der Waals surface area (Å²) in [6, 6.07) is 25.5. The van der Waals surface area contributed by atoms with Crippen molar-refractivity contribution in [1.82, 2.24) is 9.97 Å². The van der Waals surface area contributed by atoms with Gasteiger partial charge in [-0.3, -0.25) is 4.79 Å². The number of nitrogens with one attached hydrogen (secondary N) is 1. The maximum Gasteiger partial charge on any atom is 0.241 e. The Hall–Kier alpha value is -6.35. The van der Waals surface area contributed by atoms with Crippen molar-refractivity contribution in [2.75, 3.05) is 0 Å². The van der Waals surface area contributed by atoms with Crippen LogP contribution in [0.3, 0.4) is 0 Å². The number of carbonyl (C=O) groups is 1. The molecule has 1 amide bonds. The van der Waals surface area contributed by atoms with Crippen molar-refractivity contribution in [2.45, 2.75) is 140 Å². The second-order valence-corrected chi connectivity index (χ2v) is 19.2. The van der Waals surface area contributed by atoms with Crippen LogP contribution in [0.4, 0.5) is 8.78 Å². The zero-order valence-corrected chi connectivity index (χ0v) is 45.1. The SMILES string of the molecule is CC(C)/C=C/C(N)=O.CC(C)C#C[C@@H](C)O.CC(C)c1cc(O)cc(F)c1.CC(C)c1ccc(Cl)c(O)c1.CC(C)c1ccc(F)c(O)c1.CC(C)c1cccc(O)c1.CC(C)c1cnc2[nH]ccc2c1. The predicted octanol–water partition coefficient (Wildman–Crippen LogP) is 15.4. The lowest BCUT2D eigenvalue weighted by molar-refractivity contribution is -0.113. The molecule has 12 heteroatoms. The van der Waals surface area contributed by atoms with Gasteiger partial charge in [-0.05, 0) is 137 Å². The number of phenolic OH excluding ortho intramolecular Hbond substituents is 4. The maximum absolute atomic E-state index is 12.6. The molecule has 0 unspecified atom stereocenters. The molecule has 71 heavy (non-hydrogen) atoms. The van der Waals surface area contributed by atoms with Crippen LogP contribution in [0.1, 0.15) is 161 Å². The highest BCUT2D eigenvalue weighted by Gasteiger charge is 2.06. The van der Waals surface area contributed by atoms with Crippen molar-refractivity contribution in [3.8, 4) is 34.8 Å². The Balaban J connectivity index is 0.000000810. The Morgan fingerprint density at radius 2 is 1.14 bits per heavy atom. The lowest BCUT2D eigenvalue weighted by Gasteiger charge is -2.05. The first-order chi connectivity index (χ1) is 33.0. The summed E-state index contributed by atoms with van der Waals surface area (Å²) in [4.78, 5) is 17.4. The van der Waals surface area contributed by atoms with Crippen molar-refractivity contribution >= 4 is 28.5 Å². The maximum atomic E-state index is 12.6. The van der Waals surface area contributed by atoms with Crippen molar-refractivity contribution in [3.05, 3.63) is 160 Å². The minimum atomic E-state index is -0.561. The molecule has 388 valence electrons. The van der Waals surface area contributed by atoms with Crippen LogP contribution in [-0.4, -0.2) is 47.5 Å². The van der Waals surface area contributed by atoms with E-state index in [1.54, 1.807) is 49.4 Å². The Kier molecular flexibility index (Phi) is 31.0. The number of aliphatic hydroxyl groups excluding tert-OH is 1. The summed E-state index contributed by atoms with van der Waals surface area (Å²) in [5.74, 6) is 7.23. The average molecular weight is 1000 g/mol. The number of nitrogens with two attached hydrogens (primary N) is 1. The number of benzene rings is 4. The normalized spacial score (nSPS) is 10.9. The van der Waals surface area contributed by atoms with Gasteiger partial charge in [-0.25, -0.2) is 13.8 Å². The highest BCUT2D eigenvalue weighted by atomic mass is 35.5. The number of fused-ring (bicyclic) bond motifs is 1. The number of nitrogens with zero attached hydrogens (tertiary/aromatic N) is 1. The number of primary amides is 1. The molecule has 9 nitrogen and oxygen atoms in total. The van der Waals surface area contributed by atoms with Crippen molar-refractivity contribution in [1.29, 1.82) is 0 Å². The largest absolute Gasteiger partial charge is 0.508 e. The molecular weight excluding hydrogens is 920 g/mol. The number of halogens is 3. The van der Waals surface area contributed by atoms with Gasteiger partial charge in [0.15, 0.2) is 11.6 Å². The molecule has 8 N–H and O–H groups in total. The minimum Gasteiger partial charge on any atom is -0.508 e. The molecule has 0 saturated carbocycles. The summed E-state index contributed by atoms with van der Waals surface area (Å²) in [6.07, 6.45) is 6.52. The molecule has 2 heterocycles. The number of aromatic nitrogens is 2. The average Bonchev–Trinajstić information content (AvgIpc) is 3.76. The fraction of sp³-hybridized carbons (Fsp3) is 0.390. The molecule has 1 atom stereocenters. The fourth-order valence-corrected chi connectivity index (χ4v) is 5.56. The van der Waals surface area contributed by atoms with Crippen LogP contribution < -0.4 is 5.73 Å². The Morgan fingerprint density at radius 1 is 0.620 bits per heavy atom. The van der Waals surface area contributed by atoms with Gasteiger partial charge >= 0.3 is 0 Å². The first-order valence-electron chi connectivity index (χ1n) is 23.9. The lowest BCUT2D eigenvalue weighted by atomic mass is 10.0. The second kappa shape index (κ2) is 34.1. The topological polar surface area (TPSA) is 173 Å². The molecule has 0 aliphatic rings. The predicted molar refractivity (Wildman–Crippen MR) is 291 cm³/mol. The number of hydrogen-bond donors (Lipinski definition) is 7. The summed E-state index contributed by atoms with van der Waals surface area (Å²) in [5, 5.41) is 46.5. The first-order valence-corrected chi connectivity index (χ1v) is 24.3. The van der Waals surface area contributed by atoms with Gasteiger partial charge in [0.25, 0.3) is 0 Å². The summed E-state index contributed by atoms with van der Waals surface area (Å²) >= 11 is 5.64. The van der Waals surface area contributed by atoms with E-state index >= 15 is 0 Å². The number of phenols is 4. The van der Waals surface area contributed by atoms with Crippen molar-refractivity contribution in [3.63, 3.8) is 0 Å². The smallest absolute Gasteiger partial charge is 0.241 e. The fourth-order valence-electron chi connectivity index (χ4n) is 5.44. The van der Waals surface area contributed by atoms with Gasteiger partial charge < -0.3 is 36.3 Å². The Labute approximate surface area is 427 Å². The highest BCUT2D eigenvalue weighted by molar-refractivity contribution is 6.32. The zero-order chi connectivity index (χ0) is 54.5. The van der Waals surface area contributed by atoms with Crippen LogP contribution in [0.15, 0.2) is 116 Å². The number of hydrogen-bond acceptors (Lipinski definition) is 7. The van der Waals surface area contributed by atoms with Crippen LogP contribution in [-0.2, 0) is 4.79 Å². The van der Waals surface area contributed by atoms with Crippen LogP contribution in [0.5, 0.6) is 23.0 Å². The molecule has 2 aromatic heterocycles. The zero-order valence-electron chi connectivity index (χ0n) is 44.4. The molecule has 4 aromatic carbocycles. The first kappa shape index (κ1) is 64.7. The number of allylic oxidation sites excluding steroid dienone is 1. The molecule has 0 fully saturated rings. The highest BCUT2D eigenvalue weighted by Crippen LogP contribution is 2.27. The monoisotopic (exact) mass is 1000 g/mol. The number of aromatic amines is 1. The van der Waals surface area contributed by atoms with Crippen LogP contribution >= 0.6 is 11.6 Å². The number of carbonyl (C=O) groups excluding carboxylic acids is 1. The number of amides is 1. The van der Waals surface area contributed by atoms with E-state index in [4.69, 9.17) is 37.8 Å². The van der Waals surface area contributed by atoms with Crippen LogP contribution in [0, 0.1) is 35.3 Å². The molecule has 0 saturated heterocycles. The Bertz CT molecular complexity index is 2470. The van der Waals surface area contributed by atoms with Gasteiger partial charge in [0.1, 0.15) is 34.8 Å². The van der Waals surface area contributed by atoms with E-state index in [0.29, 0.717) is 46.3 Å². The molecule has 0 aliphatic carbocycles. The van der Waals surface area contributed by atoms with Gasteiger partial charge in [0, 0.05) is 29.8 Å². The second-order valence-electron chi connectivity index (χ2n) is 18.8. The molecule has 0 bridgehead atoms. The van der Waals surface area contributed by atoms with Gasteiger partial charge in [0.2, 0.25) is 5.91 Å². The van der Waals surface area contributed by atoms with E-state index in [-0.39, 0.29) is 34.9 Å². The van der Waals surface area contributed by atoms with Crippen LogP contribution in [0.2, 0.25) is 5.02 Å². The molecule has 6 aromatic rings. The molecule has 0 radical (unpaired) electrons. The number of rotatable bonds is 7. The van der Waals surface area contributed by atoms with Gasteiger partial charge in [0.05, 0.1) is 5.02 Å². The summed E-state index contributed by atoms with van der Waals surface area (Å²) in [5.41, 5.74) is 11.1. The van der Waals surface area contributed by atoms with E-state index in [0.717, 1.165) is 28.4 Å². The molecule has 6 rings (SSSR count). The molecule has 0 spiro atoms. The van der Waals surface area contributed by atoms with Gasteiger partial charge in [-0.15, -0.1) is 0 Å². The van der Waals surface area contributed by atoms with E-state index in [1.807, 2.05) is 92.0 Å². The number of pyridine rings is 1. The third-order valence-corrected chi connectivity index (χ3v) is 10.0. The number of aliphatic hydroxyl groups is 1. The van der Waals surface area contributed by atoms with E-state index in [2.05, 4.69) is 69.4 Å². The third-order valence-electron chi connectivity index (χ3n) is 9.70. The van der Waals surface area contributed by atoms with Crippen molar-refractivity contribution < 1.29 is 39.1 Å². The summed E-state index contributed by atoms with van der Waals surface area (Å²) in [6.45, 7) is 30.2. The van der Waals surface area contributed by atoms with Gasteiger partial charge in [-0.2, -0.15) is 0 Å². The molecule has 0 aliphatic heterocycles. The quantitative estimate of drug-likeness (QED) is 0.0616. The Morgan fingerprint density at radius 3 is 1.55 bits per heavy atom. The van der Waals surface area contributed by atoms with Gasteiger partial charge in [-0.1, -0.05) is 151 Å². The molecular formula is C59H80ClF2N3O6. The number of H-pyrrole nitrogens is 1. The standard InChI is InChI=1S/C10H12N2.C9H11ClO.2C9H11FO.C9H12O.C7H12O.C6H11NO/c1-7(2)9-5-8-3-4-11-10(8)12-6-9;1-6(2)7-3-4-8(10)9(11)5-7;1-6(2)7-3-8(10)5-9(11)4-7;1-6(2)7-3-4-8(10)9(11)5-7;1-7(2)8-4-3-5-9(10)6-8;1-6(2)4-5-7(3)8;1-5(2)3-4-6(7)8/h3-7H,1-2H3,(H,11,12);3*3-6,11H,1-2H3;3-7,10H,1-2H3;6-8H,1-3H3;3-5H,1-2H3,(H2,7,8)/b;;;;;;4-3+/t;;;;;7-;/m.....1./s1.